The van der Waals surface area contributed by atoms with Crippen LogP contribution < -0.4 is 0 Å². The summed E-state index contributed by atoms with van der Waals surface area (Å²) in [6.07, 6.45) is 0. The highest BCUT2D eigenvalue weighted by molar-refractivity contribution is 6.18. The molecule has 0 saturated carbocycles. The molecular weight excluding hydrogens is 222 g/mol. The quantitative estimate of drug-likeness (QED) is 0.743. The zero-order valence-corrected chi connectivity index (χ0v) is 11.0. The minimum atomic E-state index is 0.0243. The van der Waals surface area contributed by atoms with Gasteiger partial charge in [0.1, 0.15) is 0 Å². The van der Waals surface area contributed by atoms with Crippen LogP contribution in [0.3, 0.4) is 0 Å². The van der Waals surface area contributed by atoms with Crippen LogP contribution in [0.5, 0.6) is 0 Å². The van der Waals surface area contributed by atoms with E-state index in [1.54, 1.807) is 11.9 Å². The van der Waals surface area contributed by atoms with Gasteiger partial charge in [0.05, 0.1) is 0 Å². The van der Waals surface area contributed by atoms with Crippen LogP contribution in [-0.2, 0) is 0 Å². The first-order chi connectivity index (χ1) is 7.47. The zero-order valence-electron chi connectivity index (χ0n) is 10.2. The molecule has 1 aromatic carbocycles. The van der Waals surface area contributed by atoms with Crippen molar-refractivity contribution in [2.45, 2.75) is 26.8 Å². The van der Waals surface area contributed by atoms with Crippen molar-refractivity contribution in [2.75, 3.05) is 12.9 Å². The fourth-order valence-corrected chi connectivity index (χ4v) is 1.59. The highest BCUT2D eigenvalue weighted by Gasteiger charge is 2.16. The maximum absolute atomic E-state index is 12.1. The number of hydrogen-bond donors (Lipinski definition) is 0. The van der Waals surface area contributed by atoms with Crippen molar-refractivity contribution in [3.05, 3.63) is 34.9 Å². The number of hydrogen-bond acceptors (Lipinski definition) is 1. The van der Waals surface area contributed by atoms with Crippen LogP contribution in [0.4, 0.5) is 0 Å². The molecule has 88 valence electrons. The molecule has 1 rings (SSSR count). The molecule has 1 atom stereocenters. The van der Waals surface area contributed by atoms with Crippen molar-refractivity contribution in [3.8, 4) is 0 Å². The standard InChI is InChI=1S/C13H18ClNO/c1-9-5-6-12(7-10(9)2)13(16)15(4)11(3)8-14/h5-7,11H,8H2,1-4H3. The first-order valence-corrected chi connectivity index (χ1v) is 5.91. The molecule has 0 fully saturated rings. The lowest BCUT2D eigenvalue weighted by Crippen LogP contribution is -2.36. The smallest absolute Gasteiger partial charge is 0.253 e. The Bertz CT molecular complexity index is 390. The molecule has 0 heterocycles. The van der Waals surface area contributed by atoms with Crippen molar-refractivity contribution in [3.63, 3.8) is 0 Å². The second-order valence-electron chi connectivity index (χ2n) is 4.22. The third-order valence-electron chi connectivity index (χ3n) is 2.96. The van der Waals surface area contributed by atoms with Gasteiger partial charge in [-0.3, -0.25) is 4.79 Å². The van der Waals surface area contributed by atoms with Gasteiger partial charge in [0.2, 0.25) is 0 Å². The summed E-state index contributed by atoms with van der Waals surface area (Å²) in [7, 11) is 1.78. The van der Waals surface area contributed by atoms with Crippen LogP contribution in [-0.4, -0.2) is 29.8 Å². The highest BCUT2D eigenvalue weighted by Crippen LogP contribution is 2.13. The molecule has 0 N–H and O–H groups in total. The summed E-state index contributed by atoms with van der Waals surface area (Å²) in [6.45, 7) is 5.98. The van der Waals surface area contributed by atoms with Gasteiger partial charge >= 0.3 is 0 Å². The van der Waals surface area contributed by atoms with E-state index < -0.39 is 0 Å². The Morgan fingerprint density at radius 2 is 2.00 bits per heavy atom. The summed E-state index contributed by atoms with van der Waals surface area (Å²) in [5.74, 6) is 0.476. The molecule has 0 aromatic heterocycles. The normalized spacial score (nSPS) is 12.3. The Morgan fingerprint density at radius 1 is 1.38 bits per heavy atom. The third-order valence-corrected chi connectivity index (χ3v) is 3.41. The van der Waals surface area contributed by atoms with Crippen LogP contribution in [0, 0.1) is 13.8 Å². The van der Waals surface area contributed by atoms with Gasteiger partial charge in [0, 0.05) is 24.5 Å². The molecule has 0 radical (unpaired) electrons. The minimum Gasteiger partial charge on any atom is -0.338 e. The van der Waals surface area contributed by atoms with Gasteiger partial charge < -0.3 is 4.90 Å². The highest BCUT2D eigenvalue weighted by atomic mass is 35.5. The Morgan fingerprint density at radius 3 is 2.50 bits per heavy atom. The second kappa shape index (κ2) is 5.35. The van der Waals surface area contributed by atoms with Gasteiger partial charge in [-0.15, -0.1) is 11.6 Å². The fourth-order valence-electron chi connectivity index (χ4n) is 1.38. The summed E-state index contributed by atoms with van der Waals surface area (Å²) in [5.41, 5.74) is 3.06. The number of halogens is 1. The van der Waals surface area contributed by atoms with E-state index in [0.717, 1.165) is 11.1 Å². The molecule has 1 amide bonds. The lowest BCUT2D eigenvalue weighted by molar-refractivity contribution is 0.0756. The average Bonchev–Trinajstić information content (AvgIpc) is 2.29. The van der Waals surface area contributed by atoms with Crippen LogP contribution >= 0.6 is 11.6 Å². The maximum Gasteiger partial charge on any atom is 0.253 e. The summed E-state index contributed by atoms with van der Waals surface area (Å²) < 4.78 is 0. The number of aryl methyl sites for hydroxylation is 2. The number of nitrogens with zero attached hydrogens (tertiary/aromatic N) is 1. The van der Waals surface area contributed by atoms with E-state index in [2.05, 4.69) is 0 Å². The Balaban J connectivity index is 2.92. The first kappa shape index (κ1) is 13.0. The molecule has 0 spiro atoms. The largest absolute Gasteiger partial charge is 0.338 e. The van der Waals surface area contributed by atoms with Crippen LogP contribution in [0.2, 0.25) is 0 Å². The number of amides is 1. The summed E-state index contributed by atoms with van der Waals surface area (Å²) >= 11 is 5.74. The zero-order chi connectivity index (χ0) is 12.3. The van der Waals surface area contributed by atoms with Gasteiger partial charge in [-0.25, -0.2) is 0 Å². The Labute approximate surface area is 102 Å². The van der Waals surface area contributed by atoms with Gasteiger partial charge in [-0.2, -0.15) is 0 Å². The molecule has 1 aromatic rings. The first-order valence-electron chi connectivity index (χ1n) is 5.37. The van der Waals surface area contributed by atoms with Crippen molar-refractivity contribution in [1.29, 1.82) is 0 Å². The van der Waals surface area contributed by atoms with Crippen molar-refractivity contribution >= 4 is 17.5 Å². The number of carbonyl (C=O) groups is 1. The van der Waals surface area contributed by atoms with E-state index in [1.165, 1.54) is 5.56 Å². The summed E-state index contributed by atoms with van der Waals surface area (Å²) in [5, 5.41) is 0. The lowest BCUT2D eigenvalue weighted by atomic mass is 10.1. The van der Waals surface area contributed by atoms with Gasteiger partial charge in [-0.05, 0) is 44.0 Å². The maximum atomic E-state index is 12.1. The van der Waals surface area contributed by atoms with Gasteiger partial charge in [0.25, 0.3) is 5.91 Å². The van der Waals surface area contributed by atoms with Crippen molar-refractivity contribution < 1.29 is 4.79 Å². The van der Waals surface area contributed by atoms with Crippen molar-refractivity contribution in [1.82, 2.24) is 4.90 Å². The predicted molar refractivity (Wildman–Crippen MR) is 68.2 cm³/mol. The van der Waals surface area contributed by atoms with Crippen LogP contribution in [0.15, 0.2) is 18.2 Å². The van der Waals surface area contributed by atoms with Crippen molar-refractivity contribution in [2.24, 2.45) is 0 Å². The topological polar surface area (TPSA) is 20.3 Å². The lowest BCUT2D eigenvalue weighted by Gasteiger charge is -2.23. The minimum absolute atomic E-state index is 0.0243. The Kier molecular flexibility index (Phi) is 4.36. The molecule has 0 aliphatic carbocycles. The monoisotopic (exact) mass is 239 g/mol. The van der Waals surface area contributed by atoms with E-state index in [0.29, 0.717) is 5.88 Å². The number of rotatable bonds is 3. The fraction of sp³-hybridized carbons (Fsp3) is 0.462. The van der Waals surface area contributed by atoms with E-state index >= 15 is 0 Å². The second-order valence-corrected chi connectivity index (χ2v) is 4.53. The predicted octanol–water partition coefficient (Wildman–Crippen LogP) is 3.00. The number of carbonyl (C=O) groups excluding carboxylic acids is 1. The number of alkyl halides is 1. The van der Waals surface area contributed by atoms with E-state index in [4.69, 9.17) is 11.6 Å². The van der Waals surface area contributed by atoms with Crippen LogP contribution in [0.1, 0.15) is 28.4 Å². The Hall–Kier alpha value is -1.02. The van der Waals surface area contributed by atoms with Gasteiger partial charge in [0.15, 0.2) is 0 Å². The van der Waals surface area contributed by atoms with Crippen LogP contribution in [0.25, 0.3) is 0 Å². The van der Waals surface area contributed by atoms with E-state index in [1.807, 2.05) is 39.0 Å². The molecule has 0 bridgehead atoms. The summed E-state index contributed by atoms with van der Waals surface area (Å²) in [6, 6.07) is 5.81. The molecule has 0 aliphatic rings. The molecule has 0 saturated heterocycles. The molecule has 2 nitrogen and oxygen atoms in total. The van der Waals surface area contributed by atoms with E-state index in [-0.39, 0.29) is 11.9 Å². The number of benzene rings is 1. The third kappa shape index (κ3) is 2.76. The van der Waals surface area contributed by atoms with Gasteiger partial charge in [-0.1, -0.05) is 6.07 Å². The molecule has 1 unspecified atom stereocenters. The molecule has 3 heteroatoms. The summed E-state index contributed by atoms with van der Waals surface area (Å²) in [4.78, 5) is 13.8. The van der Waals surface area contributed by atoms with E-state index in [9.17, 15) is 4.79 Å². The SMILES string of the molecule is Cc1ccc(C(=O)N(C)C(C)CCl)cc1C. The molecule has 0 aliphatic heterocycles. The molecular formula is C13H18ClNO. The average molecular weight is 240 g/mol. The molecule has 16 heavy (non-hydrogen) atoms.